The maximum atomic E-state index is 3.84. The van der Waals surface area contributed by atoms with Gasteiger partial charge in [0.2, 0.25) is 0 Å². The van der Waals surface area contributed by atoms with Crippen LogP contribution in [0.2, 0.25) is 0 Å². The van der Waals surface area contributed by atoms with Gasteiger partial charge in [0.15, 0.2) is 0 Å². The average molecular weight is 130 g/mol. The van der Waals surface area contributed by atoms with Gasteiger partial charge in [0.25, 0.3) is 0 Å². The quantitative estimate of drug-likeness (QED) is 0.514. The molecular formula is C9H8N. The molecule has 10 heavy (non-hydrogen) atoms. The fourth-order valence-corrected chi connectivity index (χ4v) is 1.08. The molecule has 2 aromatic rings. The van der Waals surface area contributed by atoms with Crippen molar-refractivity contribution in [2.75, 3.05) is 0 Å². The number of hydrogen-bond acceptors (Lipinski definition) is 0. The summed E-state index contributed by atoms with van der Waals surface area (Å²) < 4.78 is 2.06. The number of fused-ring (bicyclic) bond motifs is 1. The van der Waals surface area contributed by atoms with Crippen LogP contribution in [0, 0.1) is 6.92 Å². The molecule has 0 aliphatic rings. The van der Waals surface area contributed by atoms with Gasteiger partial charge in [-0.3, -0.25) is 0 Å². The SMILES string of the molecule is [CH2]c1ccn2cccc2c1. The smallest absolute Gasteiger partial charge is 0.0452 e. The van der Waals surface area contributed by atoms with E-state index in [1.807, 2.05) is 24.5 Å². The minimum atomic E-state index is 1.06. The van der Waals surface area contributed by atoms with E-state index in [0.717, 1.165) is 5.56 Å². The molecule has 0 fully saturated rings. The van der Waals surface area contributed by atoms with Gasteiger partial charge in [0.05, 0.1) is 0 Å². The van der Waals surface area contributed by atoms with E-state index in [4.69, 9.17) is 0 Å². The summed E-state index contributed by atoms with van der Waals surface area (Å²) in [5, 5.41) is 0. The minimum absolute atomic E-state index is 1.06. The zero-order valence-electron chi connectivity index (χ0n) is 5.62. The monoisotopic (exact) mass is 130 g/mol. The standard InChI is InChI=1S/C9H8N/c1-8-4-6-10-5-2-3-9(10)7-8/h2-7H,1H2. The third kappa shape index (κ3) is 0.711. The van der Waals surface area contributed by atoms with Crippen LogP contribution in [0.15, 0.2) is 36.7 Å². The van der Waals surface area contributed by atoms with Gasteiger partial charge in [0, 0.05) is 17.9 Å². The predicted octanol–water partition coefficient (Wildman–Crippen LogP) is 2.12. The summed E-state index contributed by atoms with van der Waals surface area (Å²) in [6, 6.07) is 8.14. The average Bonchev–Trinajstić information content (AvgIpc) is 2.33. The van der Waals surface area contributed by atoms with E-state index >= 15 is 0 Å². The number of pyridine rings is 1. The Morgan fingerprint density at radius 2 is 2.10 bits per heavy atom. The van der Waals surface area contributed by atoms with Crippen LogP contribution in [0.4, 0.5) is 0 Å². The minimum Gasteiger partial charge on any atom is -0.324 e. The topological polar surface area (TPSA) is 4.41 Å². The van der Waals surface area contributed by atoms with E-state index in [1.54, 1.807) is 0 Å². The van der Waals surface area contributed by atoms with Crippen molar-refractivity contribution in [2.24, 2.45) is 0 Å². The maximum absolute atomic E-state index is 3.84. The molecule has 0 unspecified atom stereocenters. The molecule has 1 heteroatoms. The molecule has 49 valence electrons. The molecule has 1 nitrogen and oxygen atoms in total. The summed E-state index contributed by atoms with van der Waals surface area (Å²) in [5.74, 6) is 0. The normalized spacial score (nSPS) is 10.5. The third-order valence-electron chi connectivity index (χ3n) is 1.59. The lowest BCUT2D eigenvalue weighted by atomic mass is 10.3. The molecule has 0 amide bonds. The molecule has 0 N–H and O–H groups in total. The van der Waals surface area contributed by atoms with Crippen molar-refractivity contribution in [1.29, 1.82) is 0 Å². The summed E-state index contributed by atoms with van der Waals surface area (Å²) in [4.78, 5) is 0. The summed E-state index contributed by atoms with van der Waals surface area (Å²) >= 11 is 0. The molecule has 0 atom stereocenters. The zero-order chi connectivity index (χ0) is 6.97. The van der Waals surface area contributed by atoms with Gasteiger partial charge in [-0.2, -0.15) is 0 Å². The fourth-order valence-electron chi connectivity index (χ4n) is 1.08. The van der Waals surface area contributed by atoms with Crippen LogP contribution in [-0.4, -0.2) is 4.40 Å². The molecule has 0 bridgehead atoms. The first-order chi connectivity index (χ1) is 4.86. The Kier molecular flexibility index (Phi) is 1.04. The van der Waals surface area contributed by atoms with Crippen LogP contribution in [0.1, 0.15) is 5.56 Å². The van der Waals surface area contributed by atoms with E-state index in [9.17, 15) is 0 Å². The largest absolute Gasteiger partial charge is 0.324 e. The predicted molar refractivity (Wildman–Crippen MR) is 41.9 cm³/mol. The molecule has 1 radical (unpaired) electrons. The van der Waals surface area contributed by atoms with Crippen LogP contribution in [-0.2, 0) is 0 Å². The van der Waals surface area contributed by atoms with Gasteiger partial charge in [-0.1, -0.05) is 0 Å². The Hall–Kier alpha value is -1.24. The molecule has 0 aliphatic carbocycles. The first-order valence-corrected chi connectivity index (χ1v) is 3.25. The Morgan fingerprint density at radius 3 is 3.00 bits per heavy atom. The molecule has 2 rings (SSSR count). The van der Waals surface area contributed by atoms with Crippen LogP contribution in [0.3, 0.4) is 0 Å². The summed E-state index contributed by atoms with van der Waals surface area (Å²) in [5.41, 5.74) is 2.26. The van der Waals surface area contributed by atoms with Crippen LogP contribution in [0.25, 0.3) is 5.52 Å². The van der Waals surface area contributed by atoms with E-state index < -0.39 is 0 Å². The lowest BCUT2D eigenvalue weighted by molar-refractivity contribution is 1.19. The highest BCUT2D eigenvalue weighted by atomic mass is 14.8. The Balaban J connectivity index is 2.86. The van der Waals surface area contributed by atoms with Gasteiger partial charge < -0.3 is 4.40 Å². The molecule has 2 heterocycles. The van der Waals surface area contributed by atoms with E-state index in [-0.39, 0.29) is 0 Å². The maximum Gasteiger partial charge on any atom is 0.0452 e. The number of nitrogens with zero attached hydrogens (tertiary/aromatic N) is 1. The molecule has 0 saturated heterocycles. The van der Waals surface area contributed by atoms with Crippen LogP contribution < -0.4 is 0 Å². The van der Waals surface area contributed by atoms with Gasteiger partial charge in [-0.25, -0.2) is 0 Å². The molecule has 0 aliphatic heterocycles. The summed E-state index contributed by atoms with van der Waals surface area (Å²) in [6.45, 7) is 3.84. The van der Waals surface area contributed by atoms with Gasteiger partial charge >= 0.3 is 0 Å². The molecule has 0 spiro atoms. The summed E-state index contributed by atoms with van der Waals surface area (Å²) in [6.07, 6.45) is 4.03. The van der Waals surface area contributed by atoms with Crippen molar-refractivity contribution in [2.45, 2.75) is 0 Å². The van der Waals surface area contributed by atoms with Crippen LogP contribution in [0.5, 0.6) is 0 Å². The van der Waals surface area contributed by atoms with Crippen molar-refractivity contribution in [3.05, 3.63) is 49.1 Å². The molecular weight excluding hydrogens is 122 g/mol. The lowest BCUT2D eigenvalue weighted by Gasteiger charge is -1.94. The van der Waals surface area contributed by atoms with Crippen molar-refractivity contribution in [3.8, 4) is 0 Å². The van der Waals surface area contributed by atoms with Gasteiger partial charge in [-0.05, 0) is 36.8 Å². The lowest BCUT2D eigenvalue weighted by Crippen LogP contribution is -1.80. The molecule has 2 aromatic heterocycles. The Labute approximate surface area is 59.9 Å². The zero-order valence-corrected chi connectivity index (χ0v) is 5.62. The van der Waals surface area contributed by atoms with E-state index in [0.29, 0.717) is 0 Å². The third-order valence-corrected chi connectivity index (χ3v) is 1.59. The van der Waals surface area contributed by atoms with Gasteiger partial charge in [0.1, 0.15) is 0 Å². The highest BCUT2D eigenvalue weighted by Gasteiger charge is 1.88. The van der Waals surface area contributed by atoms with Crippen molar-refractivity contribution in [1.82, 2.24) is 4.40 Å². The van der Waals surface area contributed by atoms with E-state index in [1.165, 1.54) is 5.52 Å². The highest BCUT2D eigenvalue weighted by Crippen LogP contribution is 2.05. The Bertz CT molecular complexity index is 346. The Morgan fingerprint density at radius 1 is 1.20 bits per heavy atom. The number of hydrogen-bond donors (Lipinski definition) is 0. The second kappa shape index (κ2) is 1.87. The second-order valence-corrected chi connectivity index (χ2v) is 2.38. The van der Waals surface area contributed by atoms with Crippen LogP contribution >= 0.6 is 0 Å². The van der Waals surface area contributed by atoms with Crippen molar-refractivity contribution in [3.63, 3.8) is 0 Å². The first-order valence-electron chi connectivity index (χ1n) is 3.25. The van der Waals surface area contributed by atoms with Crippen molar-refractivity contribution >= 4 is 5.52 Å². The molecule has 0 saturated carbocycles. The summed E-state index contributed by atoms with van der Waals surface area (Å²) in [7, 11) is 0. The first kappa shape index (κ1) is 5.54. The fraction of sp³-hybridized carbons (Fsp3) is 0. The highest BCUT2D eigenvalue weighted by molar-refractivity contribution is 5.49. The van der Waals surface area contributed by atoms with Gasteiger partial charge in [-0.15, -0.1) is 0 Å². The van der Waals surface area contributed by atoms with E-state index in [2.05, 4.69) is 23.5 Å². The van der Waals surface area contributed by atoms with Crippen molar-refractivity contribution < 1.29 is 0 Å². The number of rotatable bonds is 0. The number of aromatic nitrogens is 1. The molecule has 0 aromatic carbocycles. The second-order valence-electron chi connectivity index (χ2n) is 2.38.